The summed E-state index contributed by atoms with van der Waals surface area (Å²) >= 11 is 0. The van der Waals surface area contributed by atoms with E-state index in [1.807, 2.05) is 45.0 Å². The van der Waals surface area contributed by atoms with Crippen LogP contribution in [0.3, 0.4) is 0 Å². The Morgan fingerprint density at radius 3 is 2.55 bits per heavy atom. The number of hydrogen-bond donors (Lipinski definition) is 0. The van der Waals surface area contributed by atoms with Crippen LogP contribution in [0, 0.1) is 18.2 Å². The molecule has 0 aromatic heterocycles. The first-order valence-corrected chi connectivity index (χ1v) is 10.6. The van der Waals surface area contributed by atoms with E-state index in [0.717, 1.165) is 29.8 Å². The molecular weight excluding hydrogens is 357 g/mol. The summed E-state index contributed by atoms with van der Waals surface area (Å²) in [5, 5.41) is 0. The third-order valence-corrected chi connectivity index (χ3v) is 6.17. The van der Waals surface area contributed by atoms with Crippen molar-refractivity contribution in [3.05, 3.63) is 87.9 Å². The van der Waals surface area contributed by atoms with Crippen LogP contribution in [-0.2, 0) is 6.42 Å². The summed E-state index contributed by atoms with van der Waals surface area (Å²) in [5.74, 6) is -0.150. The average Bonchev–Trinajstić information content (AvgIpc) is 3.01. The average molecular weight is 390 g/mol. The van der Waals surface area contributed by atoms with Crippen molar-refractivity contribution in [2.24, 2.45) is 10.4 Å². The molecule has 0 N–H and O–H groups in total. The molecule has 1 unspecified atom stereocenters. The van der Waals surface area contributed by atoms with Gasteiger partial charge in [-0.25, -0.2) is 4.39 Å². The van der Waals surface area contributed by atoms with E-state index in [4.69, 9.17) is 4.99 Å². The zero-order chi connectivity index (χ0) is 21.3. The van der Waals surface area contributed by atoms with Crippen LogP contribution in [0.5, 0.6) is 0 Å². The van der Waals surface area contributed by atoms with Gasteiger partial charge in [-0.15, -0.1) is 0 Å². The number of aryl methyl sites for hydroxylation is 2. The van der Waals surface area contributed by atoms with Crippen LogP contribution >= 0.6 is 0 Å². The predicted molar refractivity (Wildman–Crippen MR) is 123 cm³/mol. The van der Waals surface area contributed by atoms with Gasteiger partial charge in [0.2, 0.25) is 0 Å². The van der Waals surface area contributed by atoms with Crippen LogP contribution < -0.4 is 0 Å². The van der Waals surface area contributed by atoms with Gasteiger partial charge >= 0.3 is 0 Å². The zero-order valence-corrected chi connectivity index (χ0v) is 18.6. The lowest BCUT2D eigenvalue weighted by Crippen LogP contribution is -2.22. The van der Waals surface area contributed by atoms with Crippen LogP contribution in [0.25, 0.3) is 6.08 Å². The van der Waals surface area contributed by atoms with Gasteiger partial charge in [-0.2, -0.15) is 0 Å². The second-order valence-corrected chi connectivity index (χ2v) is 8.41. The van der Waals surface area contributed by atoms with E-state index in [2.05, 4.69) is 45.5 Å². The van der Waals surface area contributed by atoms with Crippen LogP contribution in [0.1, 0.15) is 74.8 Å². The monoisotopic (exact) mass is 389 g/mol. The first kappa shape index (κ1) is 21.2. The molecule has 1 atom stereocenters. The molecule has 0 spiro atoms. The summed E-state index contributed by atoms with van der Waals surface area (Å²) in [6, 6.07) is 12.2. The van der Waals surface area contributed by atoms with Crippen molar-refractivity contribution in [3.63, 3.8) is 0 Å². The van der Waals surface area contributed by atoms with E-state index in [1.165, 1.54) is 16.7 Å². The van der Waals surface area contributed by atoms with Gasteiger partial charge < -0.3 is 0 Å². The largest absolute Gasteiger partial charge is 0.256 e. The van der Waals surface area contributed by atoms with E-state index in [0.29, 0.717) is 11.1 Å². The lowest BCUT2D eigenvalue weighted by Gasteiger charge is -2.30. The summed E-state index contributed by atoms with van der Waals surface area (Å²) in [6.07, 6.45) is 3.97. The Bertz CT molecular complexity index is 1010. The first-order valence-electron chi connectivity index (χ1n) is 10.6. The smallest absolute Gasteiger partial charge is 0.135 e. The Kier molecular flexibility index (Phi) is 5.93. The second-order valence-electron chi connectivity index (χ2n) is 8.41. The fraction of sp³-hybridized carbons (Fsp3) is 0.370. The summed E-state index contributed by atoms with van der Waals surface area (Å²) < 4.78 is 15.0. The van der Waals surface area contributed by atoms with E-state index in [1.54, 1.807) is 0 Å². The van der Waals surface area contributed by atoms with E-state index in [9.17, 15) is 0 Å². The summed E-state index contributed by atoms with van der Waals surface area (Å²) in [5.41, 5.74) is 8.22. The van der Waals surface area contributed by atoms with Crippen molar-refractivity contribution in [3.8, 4) is 0 Å². The molecule has 1 nitrogen and oxygen atoms in total. The first-order chi connectivity index (χ1) is 13.8. The number of fused-ring (bicyclic) bond motifs is 3. The van der Waals surface area contributed by atoms with Gasteiger partial charge in [-0.1, -0.05) is 76.7 Å². The molecule has 152 valence electrons. The van der Waals surface area contributed by atoms with E-state index in [-0.39, 0.29) is 17.2 Å². The molecule has 1 heterocycles. The SMILES string of the molecule is C=Cc1ccc2c(c1)C1C(c3cccc(C)c3F)=NC(C)=C1C(C)(C)CC2.CC. The number of aliphatic imine (C=N–C) groups is 1. The van der Waals surface area contributed by atoms with Crippen LogP contribution in [0.2, 0.25) is 0 Å². The molecule has 1 aliphatic heterocycles. The molecule has 0 saturated carbocycles. The summed E-state index contributed by atoms with van der Waals surface area (Å²) in [6.45, 7) is 16.4. The van der Waals surface area contributed by atoms with Gasteiger partial charge in [0.15, 0.2) is 0 Å². The molecule has 0 saturated heterocycles. The number of halogens is 1. The Morgan fingerprint density at radius 2 is 1.86 bits per heavy atom. The molecule has 0 bridgehead atoms. The lowest BCUT2D eigenvalue weighted by atomic mass is 9.72. The highest BCUT2D eigenvalue weighted by atomic mass is 19.1. The van der Waals surface area contributed by atoms with Gasteiger partial charge in [0, 0.05) is 11.3 Å². The molecule has 0 radical (unpaired) electrons. The minimum Gasteiger partial charge on any atom is -0.256 e. The molecule has 4 rings (SSSR count). The molecule has 29 heavy (non-hydrogen) atoms. The lowest BCUT2D eigenvalue weighted by molar-refractivity contribution is 0.403. The highest BCUT2D eigenvalue weighted by molar-refractivity contribution is 6.10. The molecule has 2 heteroatoms. The number of rotatable bonds is 2. The Balaban J connectivity index is 0.00000117. The van der Waals surface area contributed by atoms with Crippen molar-refractivity contribution in [2.75, 3.05) is 0 Å². The maximum Gasteiger partial charge on any atom is 0.135 e. The molecule has 2 aromatic rings. The fourth-order valence-electron chi connectivity index (χ4n) is 4.71. The third kappa shape index (κ3) is 3.61. The van der Waals surface area contributed by atoms with Gasteiger partial charge in [0.25, 0.3) is 0 Å². The second kappa shape index (κ2) is 8.10. The third-order valence-electron chi connectivity index (χ3n) is 6.17. The Morgan fingerprint density at radius 1 is 1.14 bits per heavy atom. The van der Waals surface area contributed by atoms with Crippen molar-refractivity contribution < 1.29 is 4.39 Å². The molecule has 2 aliphatic rings. The summed E-state index contributed by atoms with van der Waals surface area (Å²) in [7, 11) is 0. The number of nitrogens with zero attached hydrogens (tertiary/aromatic N) is 1. The van der Waals surface area contributed by atoms with E-state index >= 15 is 4.39 Å². The quantitative estimate of drug-likeness (QED) is 0.500. The topological polar surface area (TPSA) is 12.4 Å². The van der Waals surface area contributed by atoms with Gasteiger partial charge in [-0.05, 0) is 59.9 Å². The standard InChI is InChI=1S/C25H26FN.C2H6/c1-6-17-10-11-18-12-13-25(4,5)22-16(3)27-24(21(22)20(18)14-17)19-9-7-8-15(2)23(19)26;1-2/h6-11,14,21H,1,12-13H2,2-5H3;1-2H3. The van der Waals surface area contributed by atoms with Crippen LogP contribution in [0.15, 0.2) is 59.2 Å². The molecule has 0 amide bonds. The van der Waals surface area contributed by atoms with Crippen molar-refractivity contribution in [1.82, 2.24) is 0 Å². The number of hydrogen-bond acceptors (Lipinski definition) is 1. The summed E-state index contributed by atoms with van der Waals surface area (Å²) in [4.78, 5) is 4.93. The maximum absolute atomic E-state index is 15.0. The van der Waals surface area contributed by atoms with Crippen molar-refractivity contribution in [1.29, 1.82) is 0 Å². The maximum atomic E-state index is 15.0. The van der Waals surface area contributed by atoms with Crippen molar-refractivity contribution in [2.45, 2.75) is 60.3 Å². The highest BCUT2D eigenvalue weighted by Gasteiger charge is 2.42. The fourth-order valence-corrected chi connectivity index (χ4v) is 4.71. The van der Waals surface area contributed by atoms with Crippen LogP contribution in [-0.4, -0.2) is 5.71 Å². The van der Waals surface area contributed by atoms with E-state index < -0.39 is 0 Å². The minimum atomic E-state index is -0.159. The zero-order valence-electron chi connectivity index (χ0n) is 18.6. The highest BCUT2D eigenvalue weighted by Crippen LogP contribution is 2.51. The minimum absolute atomic E-state index is 0.00806. The number of benzene rings is 2. The molecular formula is C27H32FN. The molecule has 1 aliphatic carbocycles. The Hall–Kier alpha value is -2.48. The Labute approximate surface area is 175 Å². The van der Waals surface area contributed by atoms with Crippen molar-refractivity contribution >= 4 is 11.8 Å². The van der Waals surface area contributed by atoms with Gasteiger partial charge in [-0.3, -0.25) is 4.99 Å². The number of allylic oxidation sites excluding steroid dienone is 2. The molecule has 2 aromatic carbocycles. The normalized spacial score (nSPS) is 19.4. The molecule has 0 fully saturated rings. The van der Waals surface area contributed by atoms with Crippen LogP contribution in [0.4, 0.5) is 4.39 Å². The van der Waals surface area contributed by atoms with Gasteiger partial charge in [0.1, 0.15) is 5.82 Å². The predicted octanol–water partition coefficient (Wildman–Crippen LogP) is 7.64. The van der Waals surface area contributed by atoms with Gasteiger partial charge in [0.05, 0.1) is 11.6 Å².